The lowest BCUT2D eigenvalue weighted by Crippen LogP contribution is -2.34. The van der Waals surface area contributed by atoms with Gasteiger partial charge in [-0.3, -0.25) is 4.98 Å². The molecule has 0 spiro atoms. The number of hydrogen-bond donors (Lipinski definition) is 3. The second kappa shape index (κ2) is 7.38. The number of aliphatic hydroxyl groups excluding tert-OH is 2. The van der Waals surface area contributed by atoms with Crippen molar-refractivity contribution in [1.29, 1.82) is 0 Å². The van der Waals surface area contributed by atoms with Gasteiger partial charge in [-0.15, -0.1) is 0 Å². The van der Waals surface area contributed by atoms with Gasteiger partial charge in [-0.05, 0) is 51.3 Å². The maximum Gasteiger partial charge on any atom is 0.407 e. The van der Waals surface area contributed by atoms with Gasteiger partial charge in [0.15, 0.2) is 0 Å². The molecule has 3 N–H and O–H groups in total. The van der Waals surface area contributed by atoms with Gasteiger partial charge in [-0.1, -0.05) is 0 Å². The van der Waals surface area contributed by atoms with Crippen molar-refractivity contribution in [3.05, 3.63) is 29.6 Å². The number of aliphatic hydroxyl groups is 2. The van der Waals surface area contributed by atoms with Gasteiger partial charge in [-0.25, -0.2) is 4.79 Å². The molecule has 0 radical (unpaired) electrons. The molecule has 6 nitrogen and oxygen atoms in total. The first-order valence-electron chi connectivity index (χ1n) is 6.94. The van der Waals surface area contributed by atoms with Crippen molar-refractivity contribution in [3.8, 4) is 0 Å². The first-order chi connectivity index (χ1) is 9.70. The Hall–Kier alpha value is -1.66. The molecule has 0 bridgehead atoms. The standard InChI is InChI=1S/C15H24N2O4/c1-10-9-16-7-5-11(10)13(19)12(18)6-8-17-14(20)21-15(2,3)4/h5,7,9,12-13,18-19H,6,8H2,1-4H3,(H,17,20). The molecule has 0 saturated heterocycles. The van der Waals surface area contributed by atoms with Crippen molar-refractivity contribution in [1.82, 2.24) is 10.3 Å². The molecule has 1 rings (SSSR count). The minimum atomic E-state index is -1.01. The van der Waals surface area contributed by atoms with E-state index in [9.17, 15) is 15.0 Å². The third-order valence-corrected chi connectivity index (χ3v) is 2.86. The number of rotatable bonds is 5. The molecular weight excluding hydrogens is 272 g/mol. The number of nitrogens with zero attached hydrogens (tertiary/aromatic N) is 1. The smallest absolute Gasteiger partial charge is 0.407 e. The summed E-state index contributed by atoms with van der Waals surface area (Å²) in [6.45, 7) is 7.36. The van der Waals surface area contributed by atoms with Crippen LogP contribution in [-0.2, 0) is 4.74 Å². The molecular formula is C15H24N2O4. The number of amides is 1. The van der Waals surface area contributed by atoms with Gasteiger partial charge in [0.1, 0.15) is 11.7 Å². The van der Waals surface area contributed by atoms with E-state index in [0.717, 1.165) is 5.56 Å². The Balaban J connectivity index is 2.42. The lowest BCUT2D eigenvalue weighted by molar-refractivity contribution is 0.0119. The molecule has 0 aromatic carbocycles. The van der Waals surface area contributed by atoms with Crippen molar-refractivity contribution in [3.63, 3.8) is 0 Å². The van der Waals surface area contributed by atoms with E-state index in [0.29, 0.717) is 5.56 Å². The van der Waals surface area contributed by atoms with Gasteiger partial charge in [0.2, 0.25) is 0 Å². The fourth-order valence-electron chi connectivity index (χ4n) is 1.82. The minimum absolute atomic E-state index is 0.220. The van der Waals surface area contributed by atoms with E-state index in [-0.39, 0.29) is 13.0 Å². The SMILES string of the molecule is Cc1cnccc1C(O)C(O)CCNC(=O)OC(C)(C)C. The zero-order chi connectivity index (χ0) is 16.0. The summed E-state index contributed by atoms with van der Waals surface area (Å²) < 4.78 is 5.08. The predicted octanol–water partition coefficient (Wildman–Crippen LogP) is 1.70. The van der Waals surface area contributed by atoms with Crippen molar-refractivity contribution >= 4 is 6.09 Å². The summed E-state index contributed by atoms with van der Waals surface area (Å²) in [7, 11) is 0. The molecule has 118 valence electrons. The minimum Gasteiger partial charge on any atom is -0.444 e. The third kappa shape index (κ3) is 6.10. The molecule has 1 aromatic rings. The normalized spacial score (nSPS) is 14.4. The Labute approximate surface area is 125 Å². The summed E-state index contributed by atoms with van der Waals surface area (Å²) in [5, 5.41) is 22.6. The number of carbonyl (C=O) groups is 1. The second-order valence-electron chi connectivity index (χ2n) is 5.96. The second-order valence-corrected chi connectivity index (χ2v) is 5.96. The molecule has 0 saturated carbocycles. The summed E-state index contributed by atoms with van der Waals surface area (Å²) in [5.41, 5.74) is 0.884. The fraction of sp³-hybridized carbons (Fsp3) is 0.600. The summed E-state index contributed by atoms with van der Waals surface area (Å²) in [4.78, 5) is 15.4. The molecule has 0 aliphatic heterocycles. The predicted molar refractivity (Wildman–Crippen MR) is 78.8 cm³/mol. The molecule has 1 heterocycles. The average molecular weight is 296 g/mol. The van der Waals surface area contributed by atoms with E-state index in [1.54, 1.807) is 39.2 Å². The van der Waals surface area contributed by atoms with E-state index >= 15 is 0 Å². The number of pyridine rings is 1. The van der Waals surface area contributed by atoms with Crippen LogP contribution in [0.3, 0.4) is 0 Å². The summed E-state index contributed by atoms with van der Waals surface area (Å²) in [6.07, 6.45) is 0.905. The van der Waals surface area contributed by atoms with Gasteiger partial charge < -0.3 is 20.3 Å². The monoisotopic (exact) mass is 296 g/mol. The highest BCUT2D eigenvalue weighted by Gasteiger charge is 2.21. The van der Waals surface area contributed by atoms with Crippen molar-refractivity contribution in [2.45, 2.75) is 51.9 Å². The molecule has 2 unspecified atom stereocenters. The Morgan fingerprint density at radius 3 is 2.67 bits per heavy atom. The molecule has 0 aliphatic carbocycles. The third-order valence-electron chi connectivity index (χ3n) is 2.86. The molecule has 2 atom stereocenters. The van der Waals surface area contributed by atoms with Gasteiger partial charge in [0, 0.05) is 18.9 Å². The molecule has 1 amide bonds. The lowest BCUT2D eigenvalue weighted by atomic mass is 10.00. The van der Waals surface area contributed by atoms with E-state index in [1.165, 1.54) is 0 Å². The number of hydrogen-bond acceptors (Lipinski definition) is 5. The Morgan fingerprint density at radius 1 is 1.43 bits per heavy atom. The maximum absolute atomic E-state index is 11.4. The molecule has 0 aliphatic rings. The first kappa shape index (κ1) is 17.4. The Morgan fingerprint density at radius 2 is 2.10 bits per heavy atom. The highest BCUT2D eigenvalue weighted by atomic mass is 16.6. The molecule has 6 heteroatoms. The van der Waals surface area contributed by atoms with Crippen LogP contribution in [0.4, 0.5) is 4.79 Å². The van der Waals surface area contributed by atoms with E-state index in [2.05, 4.69) is 10.3 Å². The molecule has 1 aromatic heterocycles. The van der Waals surface area contributed by atoms with E-state index in [1.807, 2.05) is 6.92 Å². The first-order valence-corrected chi connectivity index (χ1v) is 6.94. The van der Waals surface area contributed by atoms with Gasteiger partial charge in [-0.2, -0.15) is 0 Å². The number of carbonyl (C=O) groups excluding carboxylic acids is 1. The van der Waals surface area contributed by atoms with E-state index in [4.69, 9.17) is 4.74 Å². The average Bonchev–Trinajstić information content (AvgIpc) is 2.36. The molecule has 0 fully saturated rings. The van der Waals surface area contributed by atoms with Crippen molar-refractivity contribution in [2.24, 2.45) is 0 Å². The van der Waals surface area contributed by atoms with Crippen molar-refractivity contribution < 1.29 is 19.7 Å². The quantitative estimate of drug-likeness (QED) is 0.769. The van der Waals surface area contributed by atoms with Crippen LogP contribution in [-0.4, -0.2) is 39.5 Å². The van der Waals surface area contributed by atoms with Crippen LogP contribution >= 0.6 is 0 Å². The van der Waals surface area contributed by atoms with Crippen LogP contribution < -0.4 is 5.32 Å². The Kier molecular flexibility index (Phi) is 6.11. The van der Waals surface area contributed by atoms with Crippen LogP contribution in [0.5, 0.6) is 0 Å². The number of aromatic nitrogens is 1. The van der Waals surface area contributed by atoms with Crippen LogP contribution in [0.2, 0.25) is 0 Å². The molecule has 21 heavy (non-hydrogen) atoms. The summed E-state index contributed by atoms with van der Waals surface area (Å²) in [6, 6.07) is 1.67. The number of nitrogens with one attached hydrogen (secondary N) is 1. The lowest BCUT2D eigenvalue weighted by Gasteiger charge is -2.21. The highest BCUT2D eigenvalue weighted by molar-refractivity contribution is 5.67. The highest BCUT2D eigenvalue weighted by Crippen LogP contribution is 2.21. The maximum atomic E-state index is 11.4. The van der Waals surface area contributed by atoms with Gasteiger partial charge >= 0.3 is 6.09 Å². The zero-order valence-electron chi connectivity index (χ0n) is 13.0. The van der Waals surface area contributed by atoms with Crippen LogP contribution in [0, 0.1) is 6.92 Å². The Bertz CT molecular complexity index is 471. The largest absolute Gasteiger partial charge is 0.444 e. The van der Waals surface area contributed by atoms with Gasteiger partial charge in [0.05, 0.1) is 6.10 Å². The number of aryl methyl sites for hydroxylation is 1. The van der Waals surface area contributed by atoms with E-state index < -0.39 is 23.9 Å². The van der Waals surface area contributed by atoms with Crippen LogP contribution in [0.25, 0.3) is 0 Å². The topological polar surface area (TPSA) is 91.7 Å². The number of alkyl carbamates (subject to hydrolysis) is 1. The zero-order valence-corrected chi connectivity index (χ0v) is 13.0. The summed E-state index contributed by atoms with van der Waals surface area (Å²) >= 11 is 0. The summed E-state index contributed by atoms with van der Waals surface area (Å²) in [5.74, 6) is 0. The van der Waals surface area contributed by atoms with Crippen LogP contribution in [0.1, 0.15) is 44.4 Å². The van der Waals surface area contributed by atoms with Crippen molar-refractivity contribution in [2.75, 3.05) is 6.54 Å². The van der Waals surface area contributed by atoms with Crippen LogP contribution in [0.15, 0.2) is 18.5 Å². The number of ether oxygens (including phenoxy) is 1. The van der Waals surface area contributed by atoms with Gasteiger partial charge in [0.25, 0.3) is 0 Å². The fourth-order valence-corrected chi connectivity index (χ4v) is 1.82.